The minimum absolute atomic E-state index is 0.567. The number of likely N-dealkylation sites (tertiary alicyclic amines) is 1. The molecule has 5 aromatic rings. The Hall–Kier alpha value is -3.78. The minimum Gasteiger partial charge on any atom is -0.322 e. The summed E-state index contributed by atoms with van der Waals surface area (Å²) < 4.78 is 5.98. The Balaban J connectivity index is 1.18. The van der Waals surface area contributed by atoms with Crippen LogP contribution < -0.4 is 0 Å². The van der Waals surface area contributed by atoms with Crippen molar-refractivity contribution in [3.63, 3.8) is 0 Å². The normalized spacial score (nSPS) is 16.9. The van der Waals surface area contributed by atoms with Crippen LogP contribution in [0.25, 0.3) is 22.6 Å². The molecule has 172 valence electrons. The summed E-state index contributed by atoms with van der Waals surface area (Å²) in [7, 11) is 0. The van der Waals surface area contributed by atoms with Crippen LogP contribution in [0.1, 0.15) is 37.4 Å². The van der Waals surface area contributed by atoms with Gasteiger partial charge < -0.3 is 8.97 Å². The van der Waals surface area contributed by atoms with Crippen molar-refractivity contribution in [2.75, 3.05) is 6.54 Å². The number of piperidine rings is 1. The number of rotatable bonds is 6. The molecule has 1 aliphatic rings. The molecule has 6 rings (SSSR count). The summed E-state index contributed by atoms with van der Waals surface area (Å²) in [6, 6.07) is 11.0. The molecule has 0 saturated carbocycles. The Morgan fingerprint density at radius 1 is 1.00 bits per heavy atom. The summed E-state index contributed by atoms with van der Waals surface area (Å²) in [5.74, 6) is 0. The number of pyridine rings is 2. The number of aromatic nitrogens is 7. The second kappa shape index (κ2) is 8.87. The van der Waals surface area contributed by atoms with Crippen LogP contribution in [0, 0.1) is 0 Å². The molecule has 0 amide bonds. The zero-order chi connectivity index (χ0) is 22.9. The highest BCUT2D eigenvalue weighted by Crippen LogP contribution is 2.21. The number of hydrogen-bond donors (Lipinski definition) is 0. The monoisotopic (exact) mass is 452 g/mol. The maximum Gasteiger partial charge on any atom is 0.137 e. The van der Waals surface area contributed by atoms with Crippen molar-refractivity contribution in [1.29, 1.82) is 0 Å². The molecule has 34 heavy (non-hydrogen) atoms. The first kappa shape index (κ1) is 20.8. The highest BCUT2D eigenvalue weighted by atomic mass is 15.4. The van der Waals surface area contributed by atoms with Gasteiger partial charge in [0.05, 0.1) is 30.3 Å². The molecule has 1 unspecified atom stereocenters. The molecule has 0 N–H and O–H groups in total. The van der Waals surface area contributed by atoms with Crippen molar-refractivity contribution in [1.82, 2.24) is 38.8 Å². The van der Waals surface area contributed by atoms with E-state index in [2.05, 4.69) is 62.1 Å². The van der Waals surface area contributed by atoms with Gasteiger partial charge in [-0.15, -0.1) is 5.10 Å². The van der Waals surface area contributed by atoms with Crippen molar-refractivity contribution in [3.8, 4) is 16.9 Å². The Labute approximate surface area is 198 Å². The molecule has 6 heterocycles. The second-order valence-electron chi connectivity index (χ2n) is 9.17. The van der Waals surface area contributed by atoms with Crippen LogP contribution in [0.2, 0.25) is 0 Å². The summed E-state index contributed by atoms with van der Waals surface area (Å²) in [5, 5.41) is 8.70. The Morgan fingerprint density at radius 2 is 1.91 bits per heavy atom. The molecule has 1 aliphatic heterocycles. The first-order chi connectivity index (χ1) is 16.7. The van der Waals surface area contributed by atoms with Crippen molar-refractivity contribution in [2.45, 2.75) is 45.3 Å². The van der Waals surface area contributed by atoms with Gasteiger partial charge in [-0.3, -0.25) is 9.88 Å². The van der Waals surface area contributed by atoms with Crippen molar-refractivity contribution in [3.05, 3.63) is 85.0 Å². The molecule has 0 spiro atoms. The van der Waals surface area contributed by atoms with Gasteiger partial charge in [-0.1, -0.05) is 17.7 Å². The molecule has 8 heteroatoms. The van der Waals surface area contributed by atoms with Crippen LogP contribution >= 0.6 is 0 Å². The van der Waals surface area contributed by atoms with E-state index in [0.29, 0.717) is 12.6 Å². The molecule has 0 radical (unpaired) electrons. The zero-order valence-electron chi connectivity index (χ0n) is 19.3. The van der Waals surface area contributed by atoms with E-state index in [9.17, 15) is 0 Å². The molecule has 1 atom stereocenters. The second-order valence-corrected chi connectivity index (χ2v) is 9.17. The van der Waals surface area contributed by atoms with Gasteiger partial charge in [0, 0.05) is 49.1 Å². The van der Waals surface area contributed by atoms with Crippen molar-refractivity contribution < 1.29 is 0 Å². The van der Waals surface area contributed by atoms with Gasteiger partial charge in [-0.2, -0.15) is 0 Å². The fourth-order valence-electron chi connectivity index (χ4n) is 4.78. The minimum atomic E-state index is 0.567. The fourth-order valence-corrected chi connectivity index (χ4v) is 4.78. The number of nitrogens with zero attached hydrogens (tertiary/aromatic N) is 8. The lowest BCUT2D eigenvalue weighted by molar-refractivity contribution is 0.152. The highest BCUT2D eigenvalue weighted by Gasteiger charge is 2.18. The predicted octanol–water partition coefficient (Wildman–Crippen LogP) is 4.20. The first-order valence-electron chi connectivity index (χ1n) is 11.9. The van der Waals surface area contributed by atoms with E-state index in [0.717, 1.165) is 34.8 Å². The topological polar surface area (TPSA) is 69.1 Å². The molecule has 1 fully saturated rings. The molecular formula is C26H28N8. The van der Waals surface area contributed by atoms with E-state index in [4.69, 9.17) is 4.98 Å². The standard InChI is InChI=1S/C26H28N8/c1-20-6-2-3-11-32(20)15-21-7-8-26-28-23(17-33(26)16-21)18-34-19-25(29-30-34)22-12-24(14-27-13-22)31-9-4-5-10-31/h4-5,7-10,12-14,16-17,19-20H,2-3,6,11,15,18H2,1H3. The van der Waals surface area contributed by atoms with Crippen molar-refractivity contribution in [2.24, 2.45) is 0 Å². The van der Waals surface area contributed by atoms with Crippen LogP contribution in [0.3, 0.4) is 0 Å². The Kier molecular flexibility index (Phi) is 5.43. The summed E-state index contributed by atoms with van der Waals surface area (Å²) in [4.78, 5) is 11.7. The van der Waals surface area contributed by atoms with Crippen LogP contribution in [-0.4, -0.2) is 51.4 Å². The van der Waals surface area contributed by atoms with Crippen LogP contribution in [0.15, 0.2) is 73.7 Å². The summed E-state index contributed by atoms with van der Waals surface area (Å²) in [5.41, 5.74) is 5.95. The largest absolute Gasteiger partial charge is 0.322 e. The van der Waals surface area contributed by atoms with E-state index in [1.165, 1.54) is 31.4 Å². The molecule has 8 nitrogen and oxygen atoms in total. The van der Waals surface area contributed by atoms with Crippen LogP contribution in [0.4, 0.5) is 0 Å². The van der Waals surface area contributed by atoms with E-state index >= 15 is 0 Å². The lowest BCUT2D eigenvalue weighted by Crippen LogP contribution is -2.36. The maximum atomic E-state index is 4.79. The first-order valence-corrected chi connectivity index (χ1v) is 11.9. The van der Waals surface area contributed by atoms with Gasteiger partial charge in [0.1, 0.15) is 11.3 Å². The predicted molar refractivity (Wildman–Crippen MR) is 131 cm³/mol. The highest BCUT2D eigenvalue weighted by molar-refractivity contribution is 5.59. The zero-order valence-corrected chi connectivity index (χ0v) is 19.3. The third kappa shape index (κ3) is 4.24. The molecule has 5 aromatic heterocycles. The quantitative estimate of drug-likeness (QED) is 0.386. The third-order valence-electron chi connectivity index (χ3n) is 6.67. The molecule has 0 aromatic carbocycles. The van der Waals surface area contributed by atoms with Crippen LogP contribution in [0.5, 0.6) is 0 Å². The van der Waals surface area contributed by atoms with Gasteiger partial charge in [0.25, 0.3) is 0 Å². The smallest absolute Gasteiger partial charge is 0.137 e. The van der Waals surface area contributed by atoms with Gasteiger partial charge >= 0.3 is 0 Å². The number of hydrogen-bond acceptors (Lipinski definition) is 5. The number of fused-ring (bicyclic) bond motifs is 1. The summed E-state index contributed by atoms with van der Waals surface area (Å²) in [6.45, 7) is 5.09. The van der Waals surface area contributed by atoms with Gasteiger partial charge in [0.15, 0.2) is 0 Å². The maximum absolute atomic E-state index is 4.79. The lowest BCUT2D eigenvalue weighted by Gasteiger charge is -2.33. The average Bonchev–Trinajstić information content (AvgIpc) is 3.62. The number of imidazole rings is 1. The molecule has 0 aliphatic carbocycles. The summed E-state index contributed by atoms with van der Waals surface area (Å²) >= 11 is 0. The molecule has 0 bridgehead atoms. The van der Waals surface area contributed by atoms with E-state index in [1.54, 1.807) is 0 Å². The molecular weight excluding hydrogens is 424 g/mol. The Bertz CT molecular complexity index is 1400. The van der Waals surface area contributed by atoms with Gasteiger partial charge in [-0.25, -0.2) is 9.67 Å². The van der Waals surface area contributed by atoms with E-state index < -0.39 is 0 Å². The van der Waals surface area contributed by atoms with Gasteiger partial charge in [-0.05, 0) is 56.1 Å². The van der Waals surface area contributed by atoms with Crippen molar-refractivity contribution >= 4 is 5.65 Å². The van der Waals surface area contributed by atoms with E-state index in [1.807, 2.05) is 52.4 Å². The molecule has 1 saturated heterocycles. The Morgan fingerprint density at radius 3 is 2.79 bits per heavy atom. The lowest BCUT2D eigenvalue weighted by atomic mass is 10.0. The van der Waals surface area contributed by atoms with Crippen LogP contribution in [-0.2, 0) is 13.1 Å². The SMILES string of the molecule is CC1CCCCN1Cc1ccc2nc(Cn3cc(-c4cncc(-n5cccc5)c4)nn3)cn2c1. The summed E-state index contributed by atoms with van der Waals surface area (Å²) in [6.07, 6.45) is 17.8. The fraction of sp³-hybridized carbons (Fsp3) is 0.308. The van der Waals surface area contributed by atoms with Gasteiger partial charge in [0.2, 0.25) is 0 Å². The third-order valence-corrected chi connectivity index (χ3v) is 6.67. The van der Waals surface area contributed by atoms with E-state index in [-0.39, 0.29) is 0 Å². The average molecular weight is 453 g/mol.